The Hall–Kier alpha value is -2.00. The zero-order valence-electron chi connectivity index (χ0n) is 12.0. The molecule has 23 heavy (non-hydrogen) atoms. The van der Waals surface area contributed by atoms with Crippen LogP contribution in [0.25, 0.3) is 0 Å². The molecular weight excluding hydrogens is 389 g/mol. The van der Waals surface area contributed by atoms with Crippen LogP contribution in [-0.2, 0) is 21.4 Å². The zero-order chi connectivity index (χ0) is 17.2. The maximum absolute atomic E-state index is 14.1. The first-order valence-electron chi connectivity index (χ1n) is 6.40. The van der Waals surface area contributed by atoms with Gasteiger partial charge in [-0.25, -0.2) is 4.39 Å². The molecule has 0 bridgehead atoms. The number of primary amides is 1. The van der Waals surface area contributed by atoms with E-state index in [1.54, 1.807) is 12.1 Å². The molecule has 0 aliphatic carbocycles. The van der Waals surface area contributed by atoms with Gasteiger partial charge in [0.05, 0.1) is 4.90 Å². The largest absolute Gasteiger partial charge is 0.368 e. The van der Waals surface area contributed by atoms with E-state index in [1.807, 2.05) is 6.92 Å². The second-order valence-corrected chi connectivity index (χ2v) is 7.32. The van der Waals surface area contributed by atoms with Gasteiger partial charge in [-0.15, -0.1) is 4.40 Å². The van der Waals surface area contributed by atoms with Gasteiger partial charge in [0, 0.05) is 10.7 Å². The van der Waals surface area contributed by atoms with Crippen molar-refractivity contribution in [1.82, 2.24) is 4.57 Å². The lowest BCUT2D eigenvalue weighted by Gasteiger charge is -2.07. The van der Waals surface area contributed by atoms with E-state index in [4.69, 9.17) is 5.73 Å². The SMILES string of the molecule is Cc1ccc(S(=O)(=O)N=c2c(F)cc(Br)cn2CC(N)=O)cc1. The topological polar surface area (TPSA) is 94.5 Å². The van der Waals surface area contributed by atoms with Crippen molar-refractivity contribution in [3.63, 3.8) is 0 Å². The molecule has 1 aromatic heterocycles. The number of hydrogen-bond acceptors (Lipinski definition) is 3. The average molecular weight is 402 g/mol. The van der Waals surface area contributed by atoms with E-state index < -0.39 is 33.8 Å². The van der Waals surface area contributed by atoms with Crippen molar-refractivity contribution in [1.29, 1.82) is 0 Å². The summed E-state index contributed by atoms with van der Waals surface area (Å²) in [6, 6.07) is 7.03. The van der Waals surface area contributed by atoms with Crippen molar-refractivity contribution in [2.75, 3.05) is 0 Å². The van der Waals surface area contributed by atoms with Crippen LogP contribution >= 0.6 is 15.9 Å². The highest BCUT2D eigenvalue weighted by Crippen LogP contribution is 2.13. The van der Waals surface area contributed by atoms with Crippen LogP contribution in [0.5, 0.6) is 0 Å². The van der Waals surface area contributed by atoms with Gasteiger partial charge < -0.3 is 10.3 Å². The van der Waals surface area contributed by atoms with Gasteiger partial charge in [0.2, 0.25) is 5.91 Å². The van der Waals surface area contributed by atoms with E-state index in [1.165, 1.54) is 18.3 Å². The lowest BCUT2D eigenvalue weighted by molar-refractivity contribution is -0.118. The van der Waals surface area contributed by atoms with Crippen molar-refractivity contribution < 1.29 is 17.6 Å². The van der Waals surface area contributed by atoms with Gasteiger partial charge in [0.25, 0.3) is 10.0 Å². The number of aromatic nitrogens is 1. The van der Waals surface area contributed by atoms with Crippen LogP contribution in [0.4, 0.5) is 4.39 Å². The Kier molecular flexibility index (Phi) is 5.00. The minimum absolute atomic E-state index is 0.0731. The van der Waals surface area contributed by atoms with Crippen molar-refractivity contribution in [2.45, 2.75) is 18.4 Å². The Bertz CT molecular complexity index is 921. The smallest absolute Gasteiger partial charge is 0.284 e. The molecule has 0 radical (unpaired) electrons. The molecule has 0 aliphatic heterocycles. The van der Waals surface area contributed by atoms with Gasteiger partial charge in [-0.3, -0.25) is 4.79 Å². The van der Waals surface area contributed by atoms with E-state index in [0.29, 0.717) is 4.47 Å². The number of amides is 1. The molecule has 2 N–H and O–H groups in total. The lowest BCUT2D eigenvalue weighted by Crippen LogP contribution is -2.31. The molecular formula is C14H13BrFN3O3S. The average Bonchev–Trinajstić information content (AvgIpc) is 2.42. The van der Waals surface area contributed by atoms with Crippen LogP contribution in [0, 0.1) is 12.7 Å². The number of carbonyl (C=O) groups excluding carboxylic acids is 1. The Morgan fingerprint density at radius 1 is 1.35 bits per heavy atom. The quantitative estimate of drug-likeness (QED) is 0.839. The molecule has 0 spiro atoms. The monoisotopic (exact) mass is 401 g/mol. The molecule has 2 rings (SSSR count). The summed E-state index contributed by atoms with van der Waals surface area (Å²) in [5, 5.41) is 0. The number of aryl methyl sites for hydroxylation is 1. The van der Waals surface area contributed by atoms with Gasteiger partial charge in [-0.1, -0.05) is 17.7 Å². The van der Waals surface area contributed by atoms with Crippen LogP contribution < -0.4 is 11.2 Å². The maximum Gasteiger partial charge on any atom is 0.284 e. The van der Waals surface area contributed by atoms with Crippen LogP contribution in [0.3, 0.4) is 0 Å². The van der Waals surface area contributed by atoms with Crippen molar-refractivity contribution in [2.24, 2.45) is 10.1 Å². The molecule has 6 nitrogen and oxygen atoms in total. The molecule has 0 saturated carbocycles. The molecule has 0 fully saturated rings. The van der Waals surface area contributed by atoms with Crippen molar-refractivity contribution in [3.05, 3.63) is 57.9 Å². The Labute approximate surface area is 140 Å². The fraction of sp³-hybridized carbons (Fsp3) is 0.143. The number of pyridine rings is 1. The summed E-state index contributed by atoms with van der Waals surface area (Å²) < 4.78 is 43.6. The van der Waals surface area contributed by atoms with Crippen molar-refractivity contribution >= 4 is 31.9 Å². The fourth-order valence-electron chi connectivity index (χ4n) is 1.83. The molecule has 2 aromatic rings. The number of rotatable bonds is 4. The molecule has 1 amide bonds. The van der Waals surface area contributed by atoms with E-state index in [0.717, 1.165) is 16.2 Å². The van der Waals surface area contributed by atoms with Crippen LogP contribution in [0.15, 0.2) is 50.3 Å². The van der Waals surface area contributed by atoms with E-state index in [2.05, 4.69) is 20.3 Å². The summed E-state index contributed by atoms with van der Waals surface area (Å²) in [4.78, 5) is 11.0. The van der Waals surface area contributed by atoms with Crippen molar-refractivity contribution in [3.8, 4) is 0 Å². The molecule has 1 heterocycles. The third-order valence-electron chi connectivity index (χ3n) is 2.88. The highest BCUT2D eigenvalue weighted by Gasteiger charge is 2.15. The Morgan fingerprint density at radius 2 is 1.96 bits per heavy atom. The second-order valence-electron chi connectivity index (χ2n) is 4.80. The van der Waals surface area contributed by atoms with Crippen LogP contribution in [-0.4, -0.2) is 18.9 Å². The minimum Gasteiger partial charge on any atom is -0.368 e. The molecule has 0 atom stereocenters. The van der Waals surface area contributed by atoms with E-state index >= 15 is 0 Å². The fourth-order valence-corrected chi connectivity index (χ4v) is 3.28. The normalized spacial score (nSPS) is 12.4. The summed E-state index contributed by atoms with van der Waals surface area (Å²) in [6.45, 7) is 1.40. The third kappa shape index (κ3) is 4.26. The number of hydrogen-bond donors (Lipinski definition) is 1. The standard InChI is InChI=1S/C14H13BrFN3O3S/c1-9-2-4-11(5-3-9)23(21,22)18-14-12(16)6-10(15)7-19(14)8-13(17)20/h2-7H,8H2,1H3,(H2,17,20). The Morgan fingerprint density at radius 3 is 2.52 bits per heavy atom. The Balaban J connectivity index is 2.66. The van der Waals surface area contributed by atoms with Gasteiger partial charge in [0.1, 0.15) is 6.54 Å². The third-order valence-corrected chi connectivity index (χ3v) is 4.60. The number of sulfonamides is 1. The maximum atomic E-state index is 14.1. The molecule has 122 valence electrons. The van der Waals surface area contributed by atoms with Gasteiger partial charge in [-0.2, -0.15) is 8.42 Å². The predicted octanol–water partition coefficient (Wildman–Crippen LogP) is 1.47. The summed E-state index contributed by atoms with van der Waals surface area (Å²) in [5.74, 6) is -1.65. The summed E-state index contributed by atoms with van der Waals surface area (Å²) in [6.07, 6.45) is 1.33. The number of benzene rings is 1. The summed E-state index contributed by atoms with van der Waals surface area (Å²) >= 11 is 3.07. The summed E-state index contributed by atoms with van der Waals surface area (Å²) in [7, 11) is -4.13. The molecule has 0 unspecified atom stereocenters. The second kappa shape index (κ2) is 6.63. The molecule has 1 aromatic carbocycles. The predicted molar refractivity (Wildman–Crippen MR) is 85.2 cm³/mol. The first-order chi connectivity index (χ1) is 10.7. The van der Waals surface area contributed by atoms with Gasteiger partial charge >= 0.3 is 0 Å². The number of nitrogens with two attached hydrogens (primary N) is 1. The zero-order valence-corrected chi connectivity index (χ0v) is 14.4. The lowest BCUT2D eigenvalue weighted by atomic mass is 10.2. The highest BCUT2D eigenvalue weighted by atomic mass is 79.9. The number of carbonyl (C=O) groups is 1. The van der Waals surface area contributed by atoms with E-state index in [9.17, 15) is 17.6 Å². The van der Waals surface area contributed by atoms with Gasteiger partial charge in [-0.05, 0) is 41.1 Å². The number of nitrogens with zero attached hydrogens (tertiary/aromatic N) is 2. The minimum atomic E-state index is -4.13. The molecule has 0 saturated heterocycles. The van der Waals surface area contributed by atoms with Gasteiger partial charge in [0.15, 0.2) is 11.3 Å². The first-order valence-corrected chi connectivity index (χ1v) is 8.64. The van der Waals surface area contributed by atoms with Crippen LogP contribution in [0.2, 0.25) is 0 Å². The molecule has 9 heteroatoms. The number of halogens is 2. The van der Waals surface area contributed by atoms with Crippen LogP contribution in [0.1, 0.15) is 5.56 Å². The highest BCUT2D eigenvalue weighted by molar-refractivity contribution is 9.10. The van der Waals surface area contributed by atoms with E-state index in [-0.39, 0.29) is 4.90 Å². The first kappa shape index (κ1) is 17.4. The summed E-state index contributed by atoms with van der Waals surface area (Å²) in [5.41, 5.74) is 5.48. The molecule has 0 aliphatic rings.